The highest BCUT2D eigenvalue weighted by Crippen LogP contribution is 2.43. The van der Waals surface area contributed by atoms with Gasteiger partial charge < -0.3 is 44.7 Å². The van der Waals surface area contributed by atoms with E-state index in [1.165, 1.54) is 17.0 Å². The number of esters is 1. The minimum Gasteiger partial charge on any atom is -0.481 e. The van der Waals surface area contributed by atoms with Gasteiger partial charge in [-0.15, -0.1) is 0 Å². The third-order valence-electron chi connectivity index (χ3n) is 8.19. The van der Waals surface area contributed by atoms with Gasteiger partial charge in [0, 0.05) is 31.2 Å². The summed E-state index contributed by atoms with van der Waals surface area (Å²) >= 11 is 0. The maximum atomic E-state index is 12.9. The molecule has 1 aliphatic rings. The molecule has 268 valence electrons. The van der Waals surface area contributed by atoms with Gasteiger partial charge in [0.25, 0.3) is 0 Å². The Labute approximate surface area is 283 Å². The van der Waals surface area contributed by atoms with Crippen molar-refractivity contribution in [2.24, 2.45) is 17.8 Å². The summed E-state index contributed by atoms with van der Waals surface area (Å²) in [6, 6.07) is 14.3. The molecule has 2 aromatic carbocycles. The van der Waals surface area contributed by atoms with Gasteiger partial charge in [-0.25, -0.2) is 9.59 Å². The quantitative estimate of drug-likeness (QED) is 0.106. The van der Waals surface area contributed by atoms with Crippen LogP contribution in [0.15, 0.2) is 48.5 Å². The molecule has 3 rings (SSSR count). The van der Waals surface area contributed by atoms with Gasteiger partial charge in [0.05, 0.1) is 31.2 Å². The van der Waals surface area contributed by atoms with Crippen LogP contribution in [0.2, 0.25) is 0 Å². The third-order valence-corrected chi connectivity index (χ3v) is 8.19. The van der Waals surface area contributed by atoms with Crippen molar-refractivity contribution in [3.05, 3.63) is 59.7 Å². The lowest BCUT2D eigenvalue weighted by Gasteiger charge is -2.44. The fraction of sp³-hybridized carbons (Fsp3) is 0.500. The Bertz CT molecular complexity index is 1470. The number of amides is 1. The molecule has 0 spiro atoms. The lowest BCUT2D eigenvalue weighted by atomic mass is 9.71. The topological polar surface area (TPSA) is 221 Å². The van der Waals surface area contributed by atoms with E-state index >= 15 is 0 Å². The van der Waals surface area contributed by atoms with Gasteiger partial charge in [0.1, 0.15) is 19.1 Å². The lowest BCUT2D eigenvalue weighted by Crippen LogP contribution is -2.54. The summed E-state index contributed by atoms with van der Waals surface area (Å²) in [5.41, 5.74) is 7.32. The minimum absolute atomic E-state index is 0.00570. The SMILES string of the molecule is CCN(COC(C)(C)Cc1ccccc1)C(=O)OCc1ccc(O[C@@H]2O[C@H](C(=O)OC)[C@@H](CC(=O)O)[C@H](CC(=O)O)[C@H]2CC(=O)O)c(N)c1. The number of carbonyl (C=O) groups excluding carboxylic acids is 2. The fourth-order valence-electron chi connectivity index (χ4n) is 5.79. The Morgan fingerprint density at radius 1 is 0.878 bits per heavy atom. The average Bonchev–Trinajstić information content (AvgIpc) is 3.03. The van der Waals surface area contributed by atoms with E-state index in [9.17, 15) is 39.3 Å². The van der Waals surface area contributed by atoms with E-state index in [4.69, 9.17) is 29.4 Å². The van der Waals surface area contributed by atoms with Gasteiger partial charge in [-0.1, -0.05) is 36.4 Å². The number of nitrogen functional groups attached to an aromatic ring is 1. The van der Waals surface area contributed by atoms with Gasteiger partial charge in [-0.2, -0.15) is 0 Å². The molecule has 0 radical (unpaired) electrons. The first kappa shape index (κ1) is 38.6. The van der Waals surface area contributed by atoms with Gasteiger partial charge in [-0.05, 0) is 49.9 Å². The summed E-state index contributed by atoms with van der Waals surface area (Å²) in [4.78, 5) is 62.2. The van der Waals surface area contributed by atoms with Gasteiger partial charge >= 0.3 is 30.0 Å². The molecule has 49 heavy (non-hydrogen) atoms. The van der Waals surface area contributed by atoms with Crippen LogP contribution in [0.25, 0.3) is 0 Å². The normalized spacial score (nSPS) is 20.5. The van der Waals surface area contributed by atoms with E-state index in [0.717, 1.165) is 12.7 Å². The van der Waals surface area contributed by atoms with Crippen LogP contribution >= 0.6 is 0 Å². The molecular formula is C34H44N2O13. The molecule has 5 atom stereocenters. The molecule has 5 N–H and O–H groups in total. The number of rotatable bonds is 17. The summed E-state index contributed by atoms with van der Waals surface area (Å²) in [6.07, 6.45) is -5.02. The molecule has 0 aromatic heterocycles. The molecule has 1 fully saturated rings. The van der Waals surface area contributed by atoms with Crippen molar-refractivity contribution < 1.29 is 63.0 Å². The van der Waals surface area contributed by atoms with Crippen molar-refractivity contribution in [3.63, 3.8) is 0 Å². The molecule has 1 amide bonds. The van der Waals surface area contributed by atoms with Gasteiger partial charge in [0.15, 0.2) is 6.10 Å². The second kappa shape index (κ2) is 17.5. The summed E-state index contributed by atoms with van der Waals surface area (Å²) in [5, 5.41) is 28.7. The number of nitrogens with zero attached hydrogens (tertiary/aromatic N) is 1. The second-order valence-corrected chi connectivity index (χ2v) is 12.3. The van der Waals surface area contributed by atoms with E-state index in [0.29, 0.717) is 18.5 Å². The predicted molar refractivity (Wildman–Crippen MR) is 172 cm³/mol. The summed E-state index contributed by atoms with van der Waals surface area (Å²) in [7, 11) is 1.05. The number of carbonyl (C=O) groups is 5. The van der Waals surface area contributed by atoms with Crippen LogP contribution in [-0.4, -0.2) is 88.6 Å². The molecule has 1 heterocycles. The van der Waals surface area contributed by atoms with E-state index in [1.807, 2.05) is 44.2 Å². The number of hydrogen-bond donors (Lipinski definition) is 4. The number of aliphatic carboxylic acids is 3. The van der Waals surface area contributed by atoms with Crippen molar-refractivity contribution in [2.75, 3.05) is 26.1 Å². The van der Waals surface area contributed by atoms with Crippen LogP contribution in [0.1, 0.15) is 51.2 Å². The van der Waals surface area contributed by atoms with Crippen LogP contribution < -0.4 is 10.5 Å². The zero-order chi connectivity index (χ0) is 36.3. The maximum Gasteiger partial charge on any atom is 0.411 e. The molecule has 1 saturated heterocycles. The molecule has 15 heteroatoms. The monoisotopic (exact) mass is 688 g/mol. The number of ether oxygens (including phenoxy) is 5. The number of anilines is 1. The predicted octanol–water partition coefficient (Wildman–Crippen LogP) is 3.77. The average molecular weight is 689 g/mol. The number of benzene rings is 2. The Morgan fingerprint density at radius 3 is 2.06 bits per heavy atom. The number of methoxy groups -OCH3 is 1. The second-order valence-electron chi connectivity index (χ2n) is 12.3. The molecular weight excluding hydrogens is 644 g/mol. The number of hydrogen-bond acceptors (Lipinski definition) is 11. The number of nitrogens with two attached hydrogens (primary N) is 1. The maximum absolute atomic E-state index is 12.9. The fourth-order valence-corrected chi connectivity index (χ4v) is 5.79. The highest BCUT2D eigenvalue weighted by atomic mass is 16.7. The Hall–Kier alpha value is -4.89. The number of carboxylic acids is 3. The lowest BCUT2D eigenvalue weighted by molar-refractivity contribution is -0.233. The van der Waals surface area contributed by atoms with Crippen LogP contribution in [-0.2, 0) is 51.2 Å². The zero-order valence-electron chi connectivity index (χ0n) is 27.9. The minimum atomic E-state index is -1.56. The molecule has 1 aliphatic heterocycles. The third kappa shape index (κ3) is 11.4. The van der Waals surface area contributed by atoms with E-state index in [2.05, 4.69) is 0 Å². The summed E-state index contributed by atoms with van der Waals surface area (Å²) < 4.78 is 28.0. The first-order valence-electron chi connectivity index (χ1n) is 15.7. The highest BCUT2D eigenvalue weighted by molar-refractivity contribution is 5.77. The zero-order valence-corrected chi connectivity index (χ0v) is 27.9. The summed E-state index contributed by atoms with van der Waals surface area (Å²) in [5.74, 6) is -8.51. The van der Waals surface area contributed by atoms with Crippen molar-refractivity contribution in [3.8, 4) is 5.75 Å². The molecule has 0 unspecified atom stereocenters. The molecule has 0 saturated carbocycles. The van der Waals surface area contributed by atoms with Gasteiger partial charge in [0.2, 0.25) is 6.29 Å². The van der Waals surface area contributed by atoms with E-state index in [1.54, 1.807) is 13.0 Å². The molecule has 0 aliphatic carbocycles. The Kier molecular flexibility index (Phi) is 13.8. The smallest absolute Gasteiger partial charge is 0.411 e. The van der Waals surface area contributed by atoms with Crippen molar-refractivity contribution in [1.29, 1.82) is 0 Å². The van der Waals surface area contributed by atoms with Gasteiger partial charge in [-0.3, -0.25) is 19.3 Å². The first-order valence-corrected chi connectivity index (χ1v) is 15.7. The van der Waals surface area contributed by atoms with Crippen molar-refractivity contribution in [1.82, 2.24) is 4.90 Å². The van der Waals surface area contributed by atoms with Crippen molar-refractivity contribution in [2.45, 2.75) is 71.1 Å². The van der Waals surface area contributed by atoms with Crippen molar-refractivity contribution >= 4 is 35.7 Å². The van der Waals surface area contributed by atoms with Crippen LogP contribution in [0.4, 0.5) is 10.5 Å². The van der Waals surface area contributed by atoms with E-state index in [-0.39, 0.29) is 24.8 Å². The van der Waals surface area contributed by atoms with Crippen LogP contribution in [0.5, 0.6) is 5.75 Å². The Balaban J connectivity index is 1.72. The molecule has 0 bridgehead atoms. The number of carboxylic acid groups (broad SMARTS) is 3. The van der Waals surface area contributed by atoms with Crippen LogP contribution in [0.3, 0.4) is 0 Å². The highest BCUT2D eigenvalue weighted by Gasteiger charge is 2.51. The summed E-state index contributed by atoms with van der Waals surface area (Å²) in [6.45, 7) is 5.84. The Morgan fingerprint density at radius 2 is 1.49 bits per heavy atom. The molecule has 2 aromatic rings. The van der Waals surface area contributed by atoms with Crippen LogP contribution in [0, 0.1) is 17.8 Å². The van der Waals surface area contributed by atoms with E-state index < -0.39 is 85.0 Å². The first-order chi connectivity index (χ1) is 23.1. The standard InChI is InChI=1S/C34H44N2O13/c1-5-36(19-47-34(2,3)17-20-9-7-6-8-10-20)33(44)46-18-21-11-12-26(25(35)13-21)48-32-24(16-29(41)42)22(14-27(37)38)23(15-28(39)40)30(49-32)31(43)45-4/h6-13,22-24,30,32H,5,14-19,35H2,1-4H3,(H,37,38)(H,39,40)(H,41,42)/t22-,23-,24+,30-,32+/m0/s1. The molecule has 15 nitrogen and oxygen atoms in total. The largest absolute Gasteiger partial charge is 0.481 e.